The van der Waals surface area contributed by atoms with Gasteiger partial charge < -0.3 is 4.57 Å². The minimum Gasteiger partial charge on any atom is -0.309 e. The van der Waals surface area contributed by atoms with Crippen molar-refractivity contribution in [3.63, 3.8) is 0 Å². The quantitative estimate of drug-likeness (QED) is 0.165. The Morgan fingerprint density at radius 3 is 1.52 bits per heavy atom. The van der Waals surface area contributed by atoms with Gasteiger partial charge in [-0.15, -0.1) is 0 Å². The van der Waals surface area contributed by atoms with Gasteiger partial charge in [0.2, 0.25) is 0 Å². The molecule has 12 rings (SSSR count). The molecule has 0 bridgehead atoms. The zero-order valence-electron chi connectivity index (χ0n) is 31.2. The van der Waals surface area contributed by atoms with E-state index in [0.717, 1.165) is 72.1 Å². The number of imidazole rings is 1. The van der Waals surface area contributed by atoms with E-state index in [9.17, 15) is 0 Å². The van der Waals surface area contributed by atoms with Crippen molar-refractivity contribution in [3.8, 4) is 51.0 Å². The van der Waals surface area contributed by atoms with Crippen molar-refractivity contribution in [3.05, 3.63) is 194 Å². The van der Waals surface area contributed by atoms with Crippen molar-refractivity contribution in [1.29, 1.82) is 0 Å². The van der Waals surface area contributed by atoms with Gasteiger partial charge in [0, 0.05) is 43.9 Å². The van der Waals surface area contributed by atoms with Crippen molar-refractivity contribution < 1.29 is 0 Å². The molecule has 270 valence electrons. The Hall–Kier alpha value is -7.96. The summed E-state index contributed by atoms with van der Waals surface area (Å²) >= 11 is 0. The van der Waals surface area contributed by atoms with Crippen LogP contribution in [0.4, 0.5) is 0 Å². The third kappa shape index (κ3) is 5.05. The molecule has 0 aliphatic rings. The fourth-order valence-electron chi connectivity index (χ4n) is 8.62. The van der Waals surface area contributed by atoms with Gasteiger partial charge in [-0.05, 0) is 59.0 Å². The van der Waals surface area contributed by atoms with Crippen LogP contribution in [0.3, 0.4) is 0 Å². The minimum absolute atomic E-state index is 0.638. The van der Waals surface area contributed by atoms with E-state index in [4.69, 9.17) is 19.9 Å². The highest BCUT2D eigenvalue weighted by Gasteiger charge is 2.19. The van der Waals surface area contributed by atoms with Crippen LogP contribution in [-0.4, -0.2) is 28.9 Å². The lowest BCUT2D eigenvalue weighted by atomic mass is 10.0. The molecule has 6 heteroatoms. The van der Waals surface area contributed by atoms with Gasteiger partial charge in [0.25, 0.3) is 0 Å². The van der Waals surface area contributed by atoms with Crippen LogP contribution in [0.25, 0.3) is 111 Å². The number of fused-ring (bicyclic) bond motifs is 11. The molecular weight excluding hydrogens is 709 g/mol. The summed E-state index contributed by atoms with van der Waals surface area (Å²) < 4.78 is 4.75. The first kappa shape index (κ1) is 32.3. The maximum Gasteiger partial charge on any atom is 0.164 e. The summed E-state index contributed by atoms with van der Waals surface area (Å²) in [7, 11) is 0. The molecule has 0 atom stereocenters. The van der Waals surface area contributed by atoms with Crippen LogP contribution < -0.4 is 0 Å². The maximum absolute atomic E-state index is 5.13. The van der Waals surface area contributed by atoms with Gasteiger partial charge in [-0.3, -0.25) is 4.40 Å². The highest BCUT2D eigenvalue weighted by molar-refractivity contribution is 6.20. The Labute approximate surface area is 333 Å². The zero-order valence-corrected chi connectivity index (χ0v) is 31.2. The molecule has 0 amide bonds. The van der Waals surface area contributed by atoms with Gasteiger partial charge in [-0.25, -0.2) is 19.9 Å². The van der Waals surface area contributed by atoms with Crippen LogP contribution in [0.2, 0.25) is 0 Å². The molecule has 0 aliphatic carbocycles. The summed E-state index contributed by atoms with van der Waals surface area (Å²) in [6.45, 7) is 0. The van der Waals surface area contributed by atoms with Crippen molar-refractivity contribution in [1.82, 2.24) is 28.9 Å². The second-order valence-corrected chi connectivity index (χ2v) is 14.7. The molecule has 4 aromatic heterocycles. The summed E-state index contributed by atoms with van der Waals surface area (Å²) in [5, 5.41) is 5.94. The molecule has 0 saturated heterocycles. The van der Waals surface area contributed by atoms with Crippen LogP contribution in [0.5, 0.6) is 0 Å². The summed E-state index contributed by atoms with van der Waals surface area (Å²) in [6, 6.07) is 68.1. The molecule has 0 radical (unpaired) electrons. The van der Waals surface area contributed by atoms with E-state index < -0.39 is 0 Å². The molecule has 4 heterocycles. The van der Waals surface area contributed by atoms with Crippen molar-refractivity contribution in [2.75, 3.05) is 0 Å². The first-order valence-electron chi connectivity index (χ1n) is 19.5. The van der Waals surface area contributed by atoms with Crippen molar-refractivity contribution in [2.45, 2.75) is 0 Å². The van der Waals surface area contributed by atoms with Gasteiger partial charge in [0.1, 0.15) is 5.65 Å². The predicted octanol–water partition coefficient (Wildman–Crippen LogP) is 12.7. The van der Waals surface area contributed by atoms with Gasteiger partial charge >= 0.3 is 0 Å². The Balaban J connectivity index is 1.00. The van der Waals surface area contributed by atoms with E-state index in [2.05, 4.69) is 142 Å². The molecule has 0 N–H and O–H groups in total. The van der Waals surface area contributed by atoms with Crippen LogP contribution in [0, 0.1) is 0 Å². The fourth-order valence-corrected chi connectivity index (χ4v) is 8.62. The second-order valence-electron chi connectivity index (χ2n) is 14.7. The van der Waals surface area contributed by atoms with Gasteiger partial charge in [-0.1, -0.05) is 152 Å². The molecule has 12 aromatic rings. The van der Waals surface area contributed by atoms with E-state index in [1.807, 2.05) is 60.7 Å². The van der Waals surface area contributed by atoms with E-state index in [0.29, 0.717) is 17.5 Å². The van der Waals surface area contributed by atoms with Crippen molar-refractivity contribution >= 4 is 60.2 Å². The lowest BCUT2D eigenvalue weighted by molar-refractivity contribution is 1.07. The molecule has 58 heavy (non-hydrogen) atoms. The average Bonchev–Trinajstić information content (AvgIpc) is 3.85. The number of hydrogen-bond acceptors (Lipinski definition) is 4. The van der Waals surface area contributed by atoms with E-state index >= 15 is 0 Å². The Morgan fingerprint density at radius 2 is 0.810 bits per heavy atom. The van der Waals surface area contributed by atoms with E-state index in [-0.39, 0.29) is 0 Å². The van der Waals surface area contributed by atoms with Crippen molar-refractivity contribution in [2.24, 2.45) is 0 Å². The largest absolute Gasteiger partial charge is 0.309 e. The highest BCUT2D eigenvalue weighted by Crippen LogP contribution is 2.40. The standard InChI is InChI=1S/C52H32N6/c1-3-14-34(15-4-1)49-54-50(35-16-5-2-6-17-35)56-51(55-49)36-28-26-33(27-29-36)37-18-13-19-38(30-37)57-45-24-11-9-21-40(45)43-32-48-42(31-47(43)57)39-20-7-8-22-41(39)52-53-44-23-10-12-25-46(44)58(48)52/h1-32H. The SMILES string of the molecule is c1ccc(-c2nc(-c3ccccc3)nc(-c3ccc(-c4cccc(-n5c6ccccc6c6cc7c(cc65)c5ccccc5c5nc6ccccc6n75)c4)cc3)n2)cc1. The predicted molar refractivity (Wildman–Crippen MR) is 237 cm³/mol. The summed E-state index contributed by atoms with van der Waals surface area (Å²) in [5.41, 5.74) is 12.7. The van der Waals surface area contributed by atoms with E-state index in [1.54, 1.807) is 0 Å². The summed E-state index contributed by atoms with van der Waals surface area (Å²) in [4.78, 5) is 19.9. The molecule has 0 spiro atoms. The van der Waals surface area contributed by atoms with Gasteiger partial charge in [0.15, 0.2) is 17.5 Å². The Morgan fingerprint density at radius 1 is 0.293 bits per heavy atom. The Bertz CT molecular complexity index is 3490. The second kappa shape index (κ2) is 12.8. The van der Waals surface area contributed by atoms with Crippen LogP contribution in [0.1, 0.15) is 0 Å². The monoisotopic (exact) mass is 740 g/mol. The fraction of sp³-hybridized carbons (Fsp3) is 0. The molecule has 0 aliphatic heterocycles. The lowest BCUT2D eigenvalue weighted by Gasteiger charge is -2.13. The topological polar surface area (TPSA) is 60.9 Å². The van der Waals surface area contributed by atoms with E-state index in [1.165, 1.54) is 21.5 Å². The third-order valence-corrected chi connectivity index (χ3v) is 11.3. The van der Waals surface area contributed by atoms with Gasteiger partial charge in [0.05, 0.1) is 27.6 Å². The maximum atomic E-state index is 5.13. The average molecular weight is 741 g/mol. The molecular formula is C52H32N6. The number of benzene rings is 8. The number of para-hydroxylation sites is 3. The molecule has 6 nitrogen and oxygen atoms in total. The minimum atomic E-state index is 0.638. The lowest BCUT2D eigenvalue weighted by Crippen LogP contribution is -2.00. The number of aromatic nitrogens is 6. The van der Waals surface area contributed by atoms with Crippen LogP contribution in [0.15, 0.2) is 194 Å². The zero-order chi connectivity index (χ0) is 38.2. The number of rotatable bonds is 5. The molecule has 0 unspecified atom stereocenters. The Kier molecular flexibility index (Phi) is 7.13. The molecule has 0 saturated carbocycles. The first-order chi connectivity index (χ1) is 28.7. The third-order valence-electron chi connectivity index (χ3n) is 11.3. The normalized spacial score (nSPS) is 11.8. The number of nitrogens with zero attached hydrogens (tertiary/aromatic N) is 6. The first-order valence-corrected chi connectivity index (χ1v) is 19.5. The smallest absolute Gasteiger partial charge is 0.164 e. The van der Waals surface area contributed by atoms with Crippen LogP contribution >= 0.6 is 0 Å². The summed E-state index contributed by atoms with van der Waals surface area (Å²) in [6.07, 6.45) is 0. The highest BCUT2D eigenvalue weighted by atomic mass is 15.0. The number of hydrogen-bond donors (Lipinski definition) is 0. The van der Waals surface area contributed by atoms with Gasteiger partial charge in [-0.2, -0.15) is 0 Å². The molecule has 8 aromatic carbocycles. The molecule has 0 fully saturated rings. The number of pyridine rings is 1. The summed E-state index contributed by atoms with van der Waals surface area (Å²) in [5.74, 6) is 1.94. The van der Waals surface area contributed by atoms with Crippen LogP contribution in [-0.2, 0) is 0 Å².